The van der Waals surface area contributed by atoms with Crippen LogP contribution in [0.25, 0.3) is 22.0 Å². The molecule has 4 rings (SSSR count). The second kappa shape index (κ2) is 6.22. The van der Waals surface area contributed by atoms with Crippen molar-refractivity contribution in [1.29, 1.82) is 0 Å². The highest BCUT2D eigenvalue weighted by Crippen LogP contribution is 2.33. The van der Waals surface area contributed by atoms with E-state index >= 15 is 0 Å². The second-order valence-corrected chi connectivity index (χ2v) is 6.57. The Morgan fingerprint density at radius 1 is 1.12 bits per heavy atom. The van der Waals surface area contributed by atoms with Crippen LogP contribution in [0.4, 0.5) is 0 Å². The molecule has 1 atom stereocenters. The molecular formula is C20H20N4O2. The average Bonchev–Trinajstić information content (AvgIpc) is 3.09. The number of fused-ring (bicyclic) bond motifs is 1. The van der Waals surface area contributed by atoms with Gasteiger partial charge in [-0.15, -0.1) is 0 Å². The SMILES string of the molecule is COc1nc(-c2ccc3ccccc3c2)ccc1C1(C)CN/C(=N\O)N1. The number of benzene rings is 2. The fourth-order valence-corrected chi connectivity index (χ4v) is 3.36. The zero-order valence-corrected chi connectivity index (χ0v) is 14.7. The van der Waals surface area contributed by atoms with Crippen molar-refractivity contribution in [3.8, 4) is 17.1 Å². The smallest absolute Gasteiger partial charge is 0.234 e. The van der Waals surface area contributed by atoms with Crippen molar-refractivity contribution in [2.75, 3.05) is 13.7 Å². The van der Waals surface area contributed by atoms with E-state index < -0.39 is 5.54 Å². The number of hydrogen-bond acceptors (Lipinski definition) is 4. The van der Waals surface area contributed by atoms with E-state index in [0.29, 0.717) is 18.4 Å². The normalized spacial score (nSPS) is 20.8. The number of nitrogens with one attached hydrogen (secondary N) is 2. The van der Waals surface area contributed by atoms with Gasteiger partial charge in [0.15, 0.2) is 0 Å². The fraction of sp³-hybridized carbons (Fsp3) is 0.200. The van der Waals surface area contributed by atoms with Crippen molar-refractivity contribution in [3.05, 3.63) is 60.2 Å². The summed E-state index contributed by atoms with van der Waals surface area (Å²) in [5.41, 5.74) is 2.31. The first-order valence-electron chi connectivity index (χ1n) is 8.42. The molecule has 1 aliphatic heterocycles. The maximum Gasteiger partial charge on any atom is 0.234 e. The molecule has 0 aliphatic carbocycles. The van der Waals surface area contributed by atoms with E-state index in [1.807, 2.05) is 31.2 Å². The number of aromatic nitrogens is 1. The number of pyridine rings is 1. The highest BCUT2D eigenvalue weighted by Gasteiger charge is 2.36. The topological polar surface area (TPSA) is 78.8 Å². The van der Waals surface area contributed by atoms with E-state index in [9.17, 15) is 0 Å². The molecule has 1 aromatic heterocycles. The third-order valence-corrected chi connectivity index (χ3v) is 4.80. The van der Waals surface area contributed by atoms with Gasteiger partial charge in [0.1, 0.15) is 0 Å². The van der Waals surface area contributed by atoms with Crippen LogP contribution in [-0.2, 0) is 5.54 Å². The molecule has 2 aromatic carbocycles. The Kier molecular flexibility index (Phi) is 3.88. The van der Waals surface area contributed by atoms with E-state index in [2.05, 4.69) is 46.1 Å². The quantitative estimate of drug-likeness (QED) is 0.501. The molecule has 1 saturated heterocycles. The van der Waals surface area contributed by atoms with Crippen LogP contribution in [0.1, 0.15) is 12.5 Å². The molecule has 6 heteroatoms. The molecule has 1 aliphatic rings. The number of hydrogen-bond donors (Lipinski definition) is 3. The minimum absolute atomic E-state index is 0.341. The summed E-state index contributed by atoms with van der Waals surface area (Å²) in [6.07, 6.45) is 0. The molecule has 0 spiro atoms. The van der Waals surface area contributed by atoms with Crippen LogP contribution >= 0.6 is 0 Å². The van der Waals surface area contributed by atoms with Gasteiger partial charge in [0, 0.05) is 17.7 Å². The molecule has 0 saturated carbocycles. The number of ether oxygens (including phenoxy) is 1. The summed E-state index contributed by atoms with van der Waals surface area (Å²) in [5.74, 6) is 0.889. The summed E-state index contributed by atoms with van der Waals surface area (Å²) in [5, 5.41) is 20.7. The van der Waals surface area contributed by atoms with Crippen molar-refractivity contribution in [1.82, 2.24) is 15.6 Å². The molecular weight excluding hydrogens is 328 g/mol. The largest absolute Gasteiger partial charge is 0.481 e. The van der Waals surface area contributed by atoms with Gasteiger partial charge in [0.2, 0.25) is 11.8 Å². The van der Waals surface area contributed by atoms with E-state index in [0.717, 1.165) is 16.8 Å². The van der Waals surface area contributed by atoms with Gasteiger partial charge in [-0.05, 0) is 35.9 Å². The lowest BCUT2D eigenvalue weighted by Gasteiger charge is -2.25. The van der Waals surface area contributed by atoms with Crippen LogP contribution in [0.15, 0.2) is 59.8 Å². The summed E-state index contributed by atoms with van der Waals surface area (Å²) in [6.45, 7) is 2.58. The zero-order chi connectivity index (χ0) is 18.1. The minimum Gasteiger partial charge on any atom is -0.481 e. The predicted octanol–water partition coefficient (Wildman–Crippen LogP) is 3.06. The first-order chi connectivity index (χ1) is 12.6. The van der Waals surface area contributed by atoms with Crippen molar-refractivity contribution in [3.63, 3.8) is 0 Å². The van der Waals surface area contributed by atoms with E-state index in [1.165, 1.54) is 10.8 Å². The van der Waals surface area contributed by atoms with Crippen molar-refractivity contribution < 1.29 is 9.94 Å². The molecule has 3 aromatic rings. The van der Waals surface area contributed by atoms with Gasteiger partial charge in [-0.3, -0.25) is 0 Å². The zero-order valence-electron chi connectivity index (χ0n) is 14.7. The van der Waals surface area contributed by atoms with E-state index in [-0.39, 0.29) is 0 Å². The summed E-state index contributed by atoms with van der Waals surface area (Å²) in [7, 11) is 1.61. The van der Waals surface area contributed by atoms with Gasteiger partial charge in [-0.25, -0.2) is 4.98 Å². The number of guanidine groups is 1. The molecule has 0 radical (unpaired) electrons. The first-order valence-corrected chi connectivity index (χ1v) is 8.42. The van der Waals surface area contributed by atoms with Gasteiger partial charge < -0.3 is 20.6 Å². The highest BCUT2D eigenvalue weighted by atomic mass is 16.5. The molecule has 26 heavy (non-hydrogen) atoms. The first kappa shape index (κ1) is 16.2. The highest BCUT2D eigenvalue weighted by molar-refractivity contribution is 5.87. The molecule has 0 bridgehead atoms. The third kappa shape index (κ3) is 2.69. The van der Waals surface area contributed by atoms with Crippen LogP contribution in [0, 0.1) is 0 Å². The summed E-state index contributed by atoms with van der Waals surface area (Å²) in [4.78, 5) is 4.72. The van der Waals surface area contributed by atoms with Crippen LogP contribution in [-0.4, -0.2) is 29.8 Å². The Balaban J connectivity index is 1.75. The monoisotopic (exact) mass is 348 g/mol. The Bertz CT molecular complexity index is 1000. The summed E-state index contributed by atoms with van der Waals surface area (Å²) in [6, 6.07) is 18.5. The second-order valence-electron chi connectivity index (χ2n) is 6.57. The van der Waals surface area contributed by atoms with Gasteiger partial charge in [0.05, 0.1) is 18.3 Å². The average molecular weight is 348 g/mol. The number of oxime groups is 1. The number of methoxy groups -OCH3 is 1. The van der Waals surface area contributed by atoms with Gasteiger partial charge in [-0.2, -0.15) is 0 Å². The molecule has 1 unspecified atom stereocenters. The maximum absolute atomic E-state index is 8.97. The molecule has 1 fully saturated rings. The van der Waals surface area contributed by atoms with Crippen LogP contribution < -0.4 is 15.4 Å². The molecule has 6 nitrogen and oxygen atoms in total. The predicted molar refractivity (Wildman–Crippen MR) is 101 cm³/mol. The maximum atomic E-state index is 8.97. The Morgan fingerprint density at radius 3 is 2.65 bits per heavy atom. The lowest BCUT2D eigenvalue weighted by molar-refractivity contribution is 0.314. The Hall–Kier alpha value is -3.28. The third-order valence-electron chi connectivity index (χ3n) is 4.80. The lowest BCUT2D eigenvalue weighted by atomic mass is 9.93. The molecule has 0 amide bonds. The number of nitrogens with zero attached hydrogens (tertiary/aromatic N) is 2. The Morgan fingerprint density at radius 2 is 1.92 bits per heavy atom. The molecule has 3 N–H and O–H groups in total. The van der Waals surface area contributed by atoms with Crippen molar-refractivity contribution >= 4 is 16.7 Å². The van der Waals surface area contributed by atoms with Gasteiger partial charge in [-0.1, -0.05) is 41.6 Å². The van der Waals surface area contributed by atoms with E-state index in [1.54, 1.807) is 7.11 Å². The van der Waals surface area contributed by atoms with Crippen molar-refractivity contribution in [2.24, 2.45) is 5.16 Å². The fourth-order valence-electron chi connectivity index (χ4n) is 3.36. The molecule has 2 heterocycles. The minimum atomic E-state index is -0.470. The van der Waals surface area contributed by atoms with Crippen LogP contribution in [0.5, 0.6) is 5.88 Å². The standard InChI is InChI=1S/C20H20N4O2/c1-20(12-21-19(23-20)24-25)16-9-10-17(22-18(16)26-2)15-8-7-13-5-3-4-6-14(13)11-15/h3-11,25H,12H2,1-2H3,(H2,21,23,24). The van der Waals surface area contributed by atoms with Gasteiger partial charge >= 0.3 is 0 Å². The van der Waals surface area contributed by atoms with Crippen molar-refractivity contribution in [2.45, 2.75) is 12.5 Å². The number of rotatable bonds is 3. The summed E-state index contributed by atoms with van der Waals surface area (Å²) < 4.78 is 5.56. The van der Waals surface area contributed by atoms with Gasteiger partial charge in [0.25, 0.3) is 0 Å². The lowest BCUT2D eigenvalue weighted by Crippen LogP contribution is -2.38. The van der Waals surface area contributed by atoms with E-state index in [4.69, 9.17) is 14.9 Å². The van der Waals surface area contributed by atoms with Crippen LogP contribution in [0.2, 0.25) is 0 Å². The summed E-state index contributed by atoms with van der Waals surface area (Å²) >= 11 is 0. The molecule has 132 valence electrons. The Labute approximate surface area is 151 Å². The van der Waals surface area contributed by atoms with Crippen LogP contribution in [0.3, 0.4) is 0 Å².